The number of anilines is 1. The fourth-order valence-corrected chi connectivity index (χ4v) is 3.18. The van der Waals surface area contributed by atoms with Crippen LogP contribution >= 0.6 is 0 Å². The highest BCUT2D eigenvalue weighted by molar-refractivity contribution is 6.06. The van der Waals surface area contributed by atoms with E-state index < -0.39 is 5.60 Å². The first-order valence-corrected chi connectivity index (χ1v) is 7.39. The van der Waals surface area contributed by atoms with Crippen LogP contribution in [0.25, 0.3) is 21.9 Å². The van der Waals surface area contributed by atoms with Gasteiger partial charge in [-0.15, -0.1) is 0 Å². The van der Waals surface area contributed by atoms with E-state index in [1.165, 1.54) is 0 Å². The molecule has 0 bridgehead atoms. The molecule has 0 saturated carbocycles. The number of aryl methyl sites for hydroxylation is 1. The standard InChI is InChI=1S/C16H18N4O2/c1-10-18-13-14(20(10)8-16(21)6-7-22-9-16)11-4-2-3-5-12(11)19-15(13)17/h2-5,21H,6-9H2,1H3,(H2,17,19). The summed E-state index contributed by atoms with van der Waals surface area (Å²) < 4.78 is 7.38. The molecule has 0 amide bonds. The molecule has 1 aromatic carbocycles. The van der Waals surface area contributed by atoms with Crippen molar-refractivity contribution in [3.05, 3.63) is 30.1 Å². The summed E-state index contributed by atoms with van der Waals surface area (Å²) in [5.41, 5.74) is 7.68. The average Bonchev–Trinajstić information content (AvgIpc) is 3.05. The zero-order valence-electron chi connectivity index (χ0n) is 12.4. The predicted octanol–water partition coefficient (Wildman–Crippen LogP) is 1.63. The average molecular weight is 298 g/mol. The minimum atomic E-state index is -0.850. The summed E-state index contributed by atoms with van der Waals surface area (Å²) in [6.07, 6.45) is 0.630. The quantitative estimate of drug-likeness (QED) is 0.751. The second-order valence-corrected chi connectivity index (χ2v) is 5.98. The number of nitrogens with zero attached hydrogens (tertiary/aromatic N) is 3. The molecule has 6 heteroatoms. The monoisotopic (exact) mass is 298 g/mol. The summed E-state index contributed by atoms with van der Waals surface area (Å²) in [5, 5.41) is 11.7. The van der Waals surface area contributed by atoms with Gasteiger partial charge < -0.3 is 20.1 Å². The maximum Gasteiger partial charge on any atom is 0.152 e. The normalized spacial score (nSPS) is 21.9. The van der Waals surface area contributed by atoms with Crippen molar-refractivity contribution in [3.8, 4) is 0 Å². The SMILES string of the molecule is Cc1nc2c(N)nc3ccccc3c2n1CC1(O)CCOC1. The van der Waals surface area contributed by atoms with Crippen LogP contribution in [0.15, 0.2) is 24.3 Å². The van der Waals surface area contributed by atoms with E-state index in [1.54, 1.807) is 0 Å². The highest BCUT2D eigenvalue weighted by Crippen LogP contribution is 2.31. The lowest BCUT2D eigenvalue weighted by Gasteiger charge is -2.22. The lowest BCUT2D eigenvalue weighted by atomic mass is 10.0. The van der Waals surface area contributed by atoms with Gasteiger partial charge in [-0.25, -0.2) is 9.97 Å². The van der Waals surface area contributed by atoms with E-state index >= 15 is 0 Å². The summed E-state index contributed by atoms with van der Waals surface area (Å²) in [5.74, 6) is 1.24. The number of nitrogen functional groups attached to an aromatic ring is 1. The van der Waals surface area contributed by atoms with Gasteiger partial charge >= 0.3 is 0 Å². The molecule has 1 unspecified atom stereocenters. The molecule has 3 heterocycles. The Kier molecular flexibility index (Phi) is 2.85. The number of aliphatic hydroxyl groups is 1. The topological polar surface area (TPSA) is 86.2 Å². The van der Waals surface area contributed by atoms with Gasteiger partial charge in [0, 0.05) is 18.4 Å². The van der Waals surface area contributed by atoms with E-state index in [0.717, 1.165) is 22.2 Å². The van der Waals surface area contributed by atoms with Crippen LogP contribution < -0.4 is 5.73 Å². The third-order valence-corrected chi connectivity index (χ3v) is 4.34. The minimum Gasteiger partial charge on any atom is -0.386 e. The second kappa shape index (κ2) is 4.66. The minimum absolute atomic E-state index is 0.352. The van der Waals surface area contributed by atoms with Crippen molar-refractivity contribution in [2.24, 2.45) is 0 Å². The van der Waals surface area contributed by atoms with E-state index in [4.69, 9.17) is 10.5 Å². The molecule has 2 aromatic heterocycles. The third-order valence-electron chi connectivity index (χ3n) is 4.34. The zero-order chi connectivity index (χ0) is 15.3. The van der Waals surface area contributed by atoms with Gasteiger partial charge in [-0.05, 0) is 13.0 Å². The van der Waals surface area contributed by atoms with Gasteiger partial charge in [0.1, 0.15) is 16.9 Å². The van der Waals surface area contributed by atoms with Crippen LogP contribution in [0.2, 0.25) is 0 Å². The first-order chi connectivity index (χ1) is 10.6. The number of benzene rings is 1. The molecular formula is C16H18N4O2. The maximum absolute atomic E-state index is 10.7. The van der Waals surface area contributed by atoms with Crippen molar-refractivity contribution >= 4 is 27.8 Å². The second-order valence-electron chi connectivity index (χ2n) is 5.98. The van der Waals surface area contributed by atoms with Crippen LogP contribution in [0.4, 0.5) is 5.82 Å². The Balaban J connectivity index is 1.99. The Bertz CT molecular complexity index is 865. The number of hydrogen-bond donors (Lipinski definition) is 2. The van der Waals surface area contributed by atoms with E-state index in [9.17, 15) is 5.11 Å². The molecule has 3 N–H and O–H groups in total. The summed E-state index contributed by atoms with van der Waals surface area (Å²) in [6, 6.07) is 7.86. The largest absolute Gasteiger partial charge is 0.386 e. The number of para-hydroxylation sites is 1. The van der Waals surface area contributed by atoms with Crippen molar-refractivity contribution in [2.45, 2.75) is 25.5 Å². The molecule has 1 aliphatic heterocycles. The Hall–Kier alpha value is -2.18. The van der Waals surface area contributed by atoms with Crippen LogP contribution in [-0.4, -0.2) is 38.5 Å². The maximum atomic E-state index is 10.7. The van der Waals surface area contributed by atoms with Crippen molar-refractivity contribution in [1.29, 1.82) is 0 Å². The smallest absolute Gasteiger partial charge is 0.152 e. The van der Waals surface area contributed by atoms with Crippen molar-refractivity contribution in [2.75, 3.05) is 18.9 Å². The van der Waals surface area contributed by atoms with Crippen LogP contribution in [0.3, 0.4) is 0 Å². The molecule has 0 aliphatic carbocycles. The van der Waals surface area contributed by atoms with Crippen molar-refractivity contribution in [1.82, 2.24) is 14.5 Å². The molecule has 114 valence electrons. The first-order valence-electron chi connectivity index (χ1n) is 7.39. The first kappa shape index (κ1) is 13.5. The molecule has 1 fully saturated rings. The Labute approximate surface area is 127 Å². The highest BCUT2D eigenvalue weighted by Gasteiger charge is 2.34. The molecule has 3 aromatic rings. The number of imidazole rings is 1. The Morgan fingerprint density at radius 2 is 2.18 bits per heavy atom. The molecular weight excluding hydrogens is 280 g/mol. The van der Waals surface area contributed by atoms with Gasteiger partial charge in [0.2, 0.25) is 0 Å². The van der Waals surface area contributed by atoms with Gasteiger partial charge in [0.05, 0.1) is 24.2 Å². The van der Waals surface area contributed by atoms with Gasteiger partial charge in [-0.3, -0.25) is 0 Å². The van der Waals surface area contributed by atoms with Crippen LogP contribution in [0.5, 0.6) is 0 Å². The van der Waals surface area contributed by atoms with Gasteiger partial charge in [-0.2, -0.15) is 0 Å². The summed E-state index contributed by atoms with van der Waals surface area (Å²) in [6.45, 7) is 3.31. The van der Waals surface area contributed by atoms with Crippen LogP contribution in [0.1, 0.15) is 12.2 Å². The molecule has 1 atom stereocenters. The van der Waals surface area contributed by atoms with E-state index in [-0.39, 0.29) is 0 Å². The van der Waals surface area contributed by atoms with Gasteiger partial charge in [-0.1, -0.05) is 18.2 Å². The molecule has 0 radical (unpaired) electrons. The van der Waals surface area contributed by atoms with Crippen LogP contribution in [0, 0.1) is 6.92 Å². The van der Waals surface area contributed by atoms with Crippen molar-refractivity contribution < 1.29 is 9.84 Å². The number of nitrogens with two attached hydrogens (primary N) is 1. The van der Waals surface area contributed by atoms with E-state index in [2.05, 4.69) is 9.97 Å². The Morgan fingerprint density at radius 1 is 1.36 bits per heavy atom. The number of aromatic nitrogens is 3. The molecule has 6 nitrogen and oxygen atoms in total. The zero-order valence-corrected chi connectivity index (χ0v) is 12.4. The Morgan fingerprint density at radius 3 is 2.95 bits per heavy atom. The number of rotatable bonds is 2. The van der Waals surface area contributed by atoms with E-state index in [1.807, 2.05) is 35.8 Å². The molecule has 0 spiro atoms. The van der Waals surface area contributed by atoms with Crippen LogP contribution in [-0.2, 0) is 11.3 Å². The van der Waals surface area contributed by atoms with Gasteiger partial charge in [0.15, 0.2) is 5.82 Å². The molecule has 4 rings (SSSR count). The number of ether oxygens (including phenoxy) is 1. The number of pyridine rings is 1. The molecule has 1 aliphatic rings. The lowest BCUT2D eigenvalue weighted by Crippen LogP contribution is -2.34. The fourth-order valence-electron chi connectivity index (χ4n) is 3.18. The number of fused-ring (bicyclic) bond motifs is 3. The van der Waals surface area contributed by atoms with Crippen molar-refractivity contribution in [3.63, 3.8) is 0 Å². The third kappa shape index (κ3) is 1.95. The molecule has 22 heavy (non-hydrogen) atoms. The number of hydrogen-bond acceptors (Lipinski definition) is 5. The lowest BCUT2D eigenvalue weighted by molar-refractivity contribution is 0.0123. The fraction of sp³-hybridized carbons (Fsp3) is 0.375. The highest BCUT2D eigenvalue weighted by atomic mass is 16.5. The predicted molar refractivity (Wildman–Crippen MR) is 84.6 cm³/mol. The van der Waals surface area contributed by atoms with Gasteiger partial charge in [0.25, 0.3) is 0 Å². The summed E-state index contributed by atoms with van der Waals surface area (Å²) in [7, 11) is 0. The summed E-state index contributed by atoms with van der Waals surface area (Å²) in [4.78, 5) is 8.98. The summed E-state index contributed by atoms with van der Waals surface area (Å²) >= 11 is 0. The van der Waals surface area contributed by atoms with E-state index in [0.29, 0.717) is 37.5 Å². The molecule has 1 saturated heterocycles.